The highest BCUT2D eigenvalue weighted by molar-refractivity contribution is 7.17. The molecule has 7 nitrogen and oxygen atoms in total. The van der Waals surface area contributed by atoms with Crippen LogP contribution in [-0.2, 0) is 0 Å². The first-order chi connectivity index (χ1) is 17.1. The van der Waals surface area contributed by atoms with Crippen LogP contribution in [0, 0.1) is 11.6 Å². The molecule has 1 unspecified atom stereocenters. The second-order valence-electron chi connectivity index (χ2n) is 8.35. The first-order valence-corrected chi connectivity index (χ1v) is 12.0. The molecule has 0 bridgehead atoms. The molecule has 1 atom stereocenters. The van der Waals surface area contributed by atoms with E-state index < -0.39 is 0 Å². The van der Waals surface area contributed by atoms with Gasteiger partial charge in [0.05, 0.1) is 17.2 Å². The number of piperazine rings is 1. The Bertz CT molecular complexity index is 1440. The van der Waals surface area contributed by atoms with Crippen molar-refractivity contribution in [3.8, 4) is 17.5 Å². The number of aromatic nitrogens is 3. The third kappa shape index (κ3) is 4.04. The number of aromatic hydroxyl groups is 1. The fourth-order valence-corrected chi connectivity index (χ4v) is 5.62. The monoisotopic (exact) mass is 493 g/mol. The van der Waals surface area contributed by atoms with Crippen LogP contribution in [0.5, 0.6) is 5.88 Å². The van der Waals surface area contributed by atoms with Crippen LogP contribution in [-0.4, -0.2) is 50.8 Å². The molecule has 0 spiro atoms. The van der Waals surface area contributed by atoms with Gasteiger partial charge in [-0.25, -0.2) is 8.78 Å². The van der Waals surface area contributed by atoms with Crippen molar-refractivity contribution >= 4 is 22.0 Å². The van der Waals surface area contributed by atoms with Gasteiger partial charge in [-0.1, -0.05) is 23.5 Å². The zero-order valence-corrected chi connectivity index (χ0v) is 19.3. The smallest absolute Gasteiger partial charge is 0.230 e. The van der Waals surface area contributed by atoms with Gasteiger partial charge in [0.25, 0.3) is 0 Å². The van der Waals surface area contributed by atoms with Crippen LogP contribution in [0.25, 0.3) is 16.5 Å². The maximum atomic E-state index is 13.7. The number of nitrogens with zero attached hydrogens (tertiary/aromatic N) is 5. The van der Waals surface area contributed by atoms with E-state index in [-0.39, 0.29) is 23.6 Å². The van der Waals surface area contributed by atoms with Crippen molar-refractivity contribution in [3.63, 3.8) is 0 Å². The van der Waals surface area contributed by atoms with E-state index in [1.54, 1.807) is 42.7 Å². The Morgan fingerprint density at radius 1 is 0.914 bits per heavy atom. The summed E-state index contributed by atoms with van der Waals surface area (Å²) in [7, 11) is 0. The molecule has 1 fully saturated rings. The van der Waals surface area contributed by atoms with E-state index in [9.17, 15) is 13.9 Å². The minimum absolute atomic E-state index is 0.00518. The first kappa shape index (κ1) is 21.8. The standard InChI is InChI=1S/C25H21F2N5O2S/c26-17-5-3-16(4-6-17)21(31-13-11-30(12-14-31)19-9-7-18(27)8-10-19)22-24(33)32-25(35-22)28-23(29-32)20-2-1-15-34-20/h1-10,15,21,33H,11-14H2. The minimum Gasteiger partial charge on any atom is -0.492 e. The summed E-state index contributed by atoms with van der Waals surface area (Å²) in [6.07, 6.45) is 1.55. The lowest BCUT2D eigenvalue weighted by molar-refractivity contribution is 0.211. The van der Waals surface area contributed by atoms with Crippen molar-refractivity contribution in [2.75, 3.05) is 31.1 Å². The summed E-state index contributed by atoms with van der Waals surface area (Å²) >= 11 is 1.35. The molecule has 1 aliphatic rings. The molecular weight excluding hydrogens is 472 g/mol. The highest BCUT2D eigenvalue weighted by Crippen LogP contribution is 2.41. The summed E-state index contributed by atoms with van der Waals surface area (Å²) in [4.78, 5) is 10.2. The van der Waals surface area contributed by atoms with Crippen molar-refractivity contribution in [2.45, 2.75) is 6.04 Å². The first-order valence-electron chi connectivity index (χ1n) is 11.2. The van der Waals surface area contributed by atoms with E-state index in [4.69, 9.17) is 4.42 Å². The molecule has 1 aliphatic heterocycles. The number of hydrogen-bond donors (Lipinski definition) is 1. The average molecular weight is 494 g/mol. The van der Waals surface area contributed by atoms with Crippen LogP contribution in [0.15, 0.2) is 71.3 Å². The van der Waals surface area contributed by atoms with Crippen LogP contribution >= 0.6 is 11.3 Å². The third-order valence-electron chi connectivity index (χ3n) is 6.25. The predicted octanol–water partition coefficient (Wildman–Crippen LogP) is 4.95. The molecule has 0 aliphatic carbocycles. The molecule has 0 saturated carbocycles. The Hall–Kier alpha value is -3.76. The summed E-state index contributed by atoms with van der Waals surface area (Å²) < 4.78 is 33.8. The maximum absolute atomic E-state index is 13.7. The number of rotatable bonds is 5. The number of thiazole rings is 1. The lowest BCUT2D eigenvalue weighted by atomic mass is 10.0. The average Bonchev–Trinajstić information content (AvgIpc) is 3.61. The van der Waals surface area contributed by atoms with Gasteiger partial charge in [0.2, 0.25) is 16.7 Å². The fraction of sp³-hybridized carbons (Fsp3) is 0.200. The summed E-state index contributed by atoms with van der Waals surface area (Å²) in [5.74, 6) is 0.350. The Labute approximate surface area is 203 Å². The van der Waals surface area contributed by atoms with Crippen molar-refractivity contribution in [2.24, 2.45) is 0 Å². The number of benzene rings is 2. The number of furan rings is 1. The summed E-state index contributed by atoms with van der Waals surface area (Å²) in [6, 6.07) is 16.1. The zero-order chi connectivity index (χ0) is 23.9. The fourth-order valence-electron chi connectivity index (χ4n) is 4.50. The van der Waals surface area contributed by atoms with Gasteiger partial charge in [-0.2, -0.15) is 9.50 Å². The highest BCUT2D eigenvalue weighted by Gasteiger charge is 2.32. The van der Waals surface area contributed by atoms with Crippen molar-refractivity contribution < 1.29 is 18.3 Å². The lowest BCUT2D eigenvalue weighted by Crippen LogP contribution is -2.47. The molecule has 178 valence electrons. The van der Waals surface area contributed by atoms with Crippen molar-refractivity contribution in [1.82, 2.24) is 19.5 Å². The van der Waals surface area contributed by atoms with E-state index in [1.165, 1.54) is 40.1 Å². The normalized spacial score (nSPS) is 15.7. The Morgan fingerprint density at radius 2 is 1.60 bits per heavy atom. The van der Waals surface area contributed by atoms with E-state index in [2.05, 4.69) is 19.9 Å². The highest BCUT2D eigenvalue weighted by atomic mass is 32.1. The van der Waals surface area contributed by atoms with E-state index >= 15 is 0 Å². The van der Waals surface area contributed by atoms with E-state index in [0.717, 1.165) is 24.3 Å². The maximum Gasteiger partial charge on any atom is 0.230 e. The molecular formula is C25H21F2N5O2S. The largest absolute Gasteiger partial charge is 0.492 e. The molecule has 4 heterocycles. The zero-order valence-electron chi connectivity index (χ0n) is 18.5. The molecule has 1 saturated heterocycles. The van der Waals surface area contributed by atoms with E-state index in [0.29, 0.717) is 34.5 Å². The Morgan fingerprint density at radius 3 is 2.23 bits per heavy atom. The Balaban J connectivity index is 1.33. The van der Waals surface area contributed by atoms with E-state index in [1.807, 2.05) is 0 Å². The van der Waals surface area contributed by atoms with Gasteiger partial charge in [-0.05, 0) is 54.1 Å². The molecule has 35 heavy (non-hydrogen) atoms. The van der Waals surface area contributed by atoms with Gasteiger partial charge in [-0.15, -0.1) is 5.10 Å². The van der Waals surface area contributed by atoms with Gasteiger partial charge >= 0.3 is 0 Å². The molecule has 6 rings (SSSR count). The van der Waals surface area contributed by atoms with Crippen LogP contribution in [0.4, 0.5) is 14.5 Å². The van der Waals surface area contributed by atoms with Crippen LogP contribution in [0.2, 0.25) is 0 Å². The second kappa shape index (κ2) is 8.79. The summed E-state index contributed by atoms with van der Waals surface area (Å²) in [6.45, 7) is 2.86. The number of fused-ring (bicyclic) bond motifs is 1. The molecule has 2 aromatic carbocycles. The molecule has 0 amide bonds. The molecule has 3 aromatic heterocycles. The SMILES string of the molecule is Oc1c(C(c2ccc(F)cc2)N2CCN(c3ccc(F)cc3)CC2)sc2nc(-c3ccco3)nn12. The van der Waals surface area contributed by atoms with Crippen LogP contribution < -0.4 is 4.90 Å². The number of hydrogen-bond acceptors (Lipinski definition) is 7. The summed E-state index contributed by atoms with van der Waals surface area (Å²) in [5, 5.41) is 15.6. The predicted molar refractivity (Wildman–Crippen MR) is 129 cm³/mol. The third-order valence-corrected chi connectivity index (χ3v) is 7.32. The van der Waals surface area contributed by atoms with Crippen LogP contribution in [0.1, 0.15) is 16.5 Å². The molecule has 1 N–H and O–H groups in total. The Kier molecular flexibility index (Phi) is 5.46. The lowest BCUT2D eigenvalue weighted by Gasteiger charge is -2.40. The molecule has 10 heteroatoms. The number of anilines is 1. The van der Waals surface area contributed by atoms with Gasteiger partial charge in [-0.3, -0.25) is 4.90 Å². The van der Waals surface area contributed by atoms with Gasteiger partial charge in [0.15, 0.2) is 5.76 Å². The van der Waals surface area contributed by atoms with Crippen molar-refractivity contribution in [3.05, 3.63) is 89.0 Å². The minimum atomic E-state index is -0.316. The summed E-state index contributed by atoms with van der Waals surface area (Å²) in [5.41, 5.74) is 1.84. The quantitative estimate of drug-likeness (QED) is 0.374. The topological polar surface area (TPSA) is 70.0 Å². The van der Waals surface area contributed by atoms with Gasteiger partial charge < -0.3 is 14.4 Å². The second-order valence-corrected chi connectivity index (χ2v) is 9.36. The van der Waals surface area contributed by atoms with Crippen molar-refractivity contribution in [1.29, 1.82) is 0 Å². The van der Waals surface area contributed by atoms with Gasteiger partial charge in [0, 0.05) is 31.9 Å². The number of halogens is 2. The molecule has 5 aromatic rings. The van der Waals surface area contributed by atoms with Crippen LogP contribution in [0.3, 0.4) is 0 Å². The molecule has 0 radical (unpaired) electrons. The van der Waals surface area contributed by atoms with Gasteiger partial charge in [0.1, 0.15) is 11.6 Å².